The van der Waals surface area contributed by atoms with Gasteiger partial charge in [0.25, 0.3) is 0 Å². The molecule has 0 amide bonds. The maximum atomic E-state index is 13.0. The van der Waals surface area contributed by atoms with Gasteiger partial charge in [0.1, 0.15) is 17.5 Å². The van der Waals surface area contributed by atoms with E-state index in [0.717, 1.165) is 0 Å². The van der Waals surface area contributed by atoms with Crippen LogP contribution in [0.5, 0.6) is 5.75 Å². The number of nitrogens with zero attached hydrogens (tertiary/aromatic N) is 1. The van der Waals surface area contributed by atoms with E-state index in [0.29, 0.717) is 10.2 Å². The highest BCUT2D eigenvalue weighted by Gasteiger charge is 2.28. The van der Waals surface area contributed by atoms with Gasteiger partial charge in [0.05, 0.1) is 5.57 Å². The number of hydrogen-bond acceptors (Lipinski definition) is 6. The molecule has 1 aliphatic carbocycles. The van der Waals surface area contributed by atoms with E-state index in [9.17, 15) is 20.0 Å². The fourth-order valence-electron chi connectivity index (χ4n) is 2.19. The fraction of sp³-hybridized carbons (Fsp3) is 0.118. The number of esters is 2. The number of hydrogen-bond donors (Lipinski definition) is 1. The first-order chi connectivity index (χ1) is 12.9. The van der Waals surface area contributed by atoms with Gasteiger partial charge in [0.2, 0.25) is 17.1 Å². The molecule has 0 saturated heterocycles. The summed E-state index contributed by atoms with van der Waals surface area (Å²) in [6.07, 6.45) is 4.30. The van der Waals surface area contributed by atoms with Crippen LogP contribution in [0.3, 0.4) is 0 Å². The van der Waals surface area contributed by atoms with Crippen LogP contribution in [0, 0.1) is 10.4 Å². The second kappa shape index (κ2) is 9.33. The highest BCUT2D eigenvalue weighted by atomic mass is 35.5. The lowest BCUT2D eigenvalue weighted by atomic mass is 10.0. The zero-order valence-corrected chi connectivity index (χ0v) is 15.3. The van der Waals surface area contributed by atoms with Crippen LogP contribution in [0.4, 0.5) is 11.4 Å². The number of ether oxygens (including phenoxy) is 2. The molecule has 0 aliphatic heterocycles. The Labute approximate surface area is 164 Å². The third-order valence-electron chi connectivity index (χ3n) is 3.35. The smallest absolute Gasteiger partial charge is 0.326 e. The first-order valence-corrected chi connectivity index (χ1v) is 8.53. The van der Waals surface area contributed by atoms with Crippen molar-refractivity contribution >= 4 is 52.2 Å². The van der Waals surface area contributed by atoms with E-state index in [1.807, 2.05) is 0 Å². The van der Waals surface area contributed by atoms with E-state index in [4.69, 9.17) is 32.7 Å². The number of halogens is 2. The van der Waals surface area contributed by atoms with Gasteiger partial charge in [-0.1, -0.05) is 18.7 Å². The Hall–Kier alpha value is -2.65. The van der Waals surface area contributed by atoms with Gasteiger partial charge in [-0.3, -0.25) is 9.59 Å². The van der Waals surface area contributed by atoms with Crippen molar-refractivity contribution in [1.82, 2.24) is 0 Å². The van der Waals surface area contributed by atoms with Gasteiger partial charge >= 0.3 is 17.6 Å². The quantitative estimate of drug-likeness (QED) is 0.145. The summed E-state index contributed by atoms with van der Waals surface area (Å²) >= 11 is 10.8. The zero-order chi connectivity index (χ0) is 20.0. The van der Waals surface area contributed by atoms with Crippen LogP contribution in [0.15, 0.2) is 54.3 Å². The average Bonchev–Trinajstić information content (AvgIpc) is 2.68. The summed E-state index contributed by atoms with van der Waals surface area (Å²) in [5, 5.41) is 24.3. The van der Waals surface area contributed by atoms with Gasteiger partial charge in [-0.15, -0.1) is 23.2 Å². The molecule has 142 valence electrons. The number of allylic oxidation sites excluding steroid dienone is 4. The van der Waals surface area contributed by atoms with Gasteiger partial charge in [0.15, 0.2) is 0 Å². The summed E-state index contributed by atoms with van der Waals surface area (Å²) in [5.74, 6) is -2.45. The van der Waals surface area contributed by atoms with Crippen molar-refractivity contribution in [3.8, 4) is 5.75 Å². The van der Waals surface area contributed by atoms with Crippen molar-refractivity contribution in [2.24, 2.45) is 0 Å². The first kappa shape index (κ1) is 20.7. The molecular weight excluding hydrogens is 399 g/mol. The third kappa shape index (κ3) is 4.75. The number of rotatable bonds is 6. The number of quaternary nitrogens is 1. The molecular formula is C17H14Cl2N2O6. The van der Waals surface area contributed by atoms with Crippen LogP contribution in [0.1, 0.15) is 0 Å². The molecule has 27 heavy (non-hydrogen) atoms. The van der Waals surface area contributed by atoms with Gasteiger partial charge < -0.3 is 25.4 Å². The van der Waals surface area contributed by atoms with E-state index >= 15 is 0 Å². The Balaban J connectivity index is 2.52. The minimum absolute atomic E-state index is 0.0209. The molecule has 0 fully saturated rings. The molecule has 0 aromatic heterocycles. The largest absolute Gasteiger partial charge is 0.630 e. The number of nitrogens with two attached hydrogens (primary N) is 1. The Morgan fingerprint density at radius 1 is 1.19 bits per heavy atom. The van der Waals surface area contributed by atoms with Gasteiger partial charge in [-0.05, 0) is 12.1 Å². The number of carbonyl (C=O) groups excluding carboxylic acids is 2. The van der Waals surface area contributed by atoms with Crippen LogP contribution in [-0.2, 0) is 14.3 Å². The van der Waals surface area contributed by atoms with E-state index in [1.54, 1.807) is 0 Å². The molecule has 8 nitrogen and oxygen atoms in total. The lowest BCUT2D eigenvalue weighted by molar-refractivity contribution is -0.505. The van der Waals surface area contributed by atoms with E-state index < -0.39 is 17.8 Å². The summed E-state index contributed by atoms with van der Waals surface area (Å²) in [7, 11) is 0. The highest BCUT2D eigenvalue weighted by Crippen LogP contribution is 2.34. The normalized spacial score (nSPS) is 15.2. The van der Waals surface area contributed by atoms with Crippen LogP contribution in [-0.4, -0.2) is 34.1 Å². The van der Waals surface area contributed by atoms with Crippen LogP contribution < -0.4 is 10.2 Å². The number of para-hydroxylation sites is 1. The number of benzene rings is 1. The Kier molecular flexibility index (Phi) is 7.14. The molecule has 0 heterocycles. The van der Waals surface area contributed by atoms with E-state index in [1.165, 1.54) is 36.4 Å². The van der Waals surface area contributed by atoms with Crippen molar-refractivity contribution < 1.29 is 29.3 Å². The number of alkyl halides is 2. The predicted octanol–water partition coefficient (Wildman–Crippen LogP) is 1.90. The summed E-state index contributed by atoms with van der Waals surface area (Å²) in [6, 6.07) is 4.17. The molecule has 1 aromatic rings. The second-order valence-corrected chi connectivity index (χ2v) is 5.61. The number of carbonyl (C=O) groups is 2. The standard InChI is InChI=1S/C17H14Cl2N2O6/c1-10-12(5-3-6-13(10)26-15(22)8-18)21(25)17-11(20-24)4-2-7-14(17)27-16(23)9-19/h2-7H,1,8-9,20H2/b21-12+. The maximum Gasteiger partial charge on any atom is 0.326 e. The predicted molar refractivity (Wildman–Crippen MR) is 99.2 cm³/mol. The minimum atomic E-state index is -0.797. The lowest BCUT2D eigenvalue weighted by Gasteiger charge is -2.17. The van der Waals surface area contributed by atoms with Crippen molar-refractivity contribution in [2.75, 3.05) is 11.8 Å². The summed E-state index contributed by atoms with van der Waals surface area (Å²) in [5.41, 5.74) is 0.274. The fourth-order valence-corrected chi connectivity index (χ4v) is 2.30. The molecule has 2 rings (SSSR count). The van der Waals surface area contributed by atoms with Crippen LogP contribution >= 0.6 is 23.2 Å². The zero-order valence-electron chi connectivity index (χ0n) is 13.8. The summed E-state index contributed by atoms with van der Waals surface area (Å²) in [4.78, 5) is 22.9. The Morgan fingerprint density at radius 2 is 1.85 bits per heavy atom. The minimum Gasteiger partial charge on any atom is -0.630 e. The summed E-state index contributed by atoms with van der Waals surface area (Å²) < 4.78 is 10.4. The molecule has 0 unspecified atom stereocenters. The molecule has 0 atom stereocenters. The molecule has 0 saturated carbocycles. The Bertz CT molecular complexity index is 876. The van der Waals surface area contributed by atoms with Crippen LogP contribution in [0.25, 0.3) is 0 Å². The lowest BCUT2D eigenvalue weighted by Crippen LogP contribution is -2.70. The van der Waals surface area contributed by atoms with E-state index in [2.05, 4.69) is 6.58 Å². The second-order valence-electron chi connectivity index (χ2n) is 5.08. The molecule has 0 radical (unpaired) electrons. The Morgan fingerprint density at radius 3 is 2.48 bits per heavy atom. The summed E-state index contributed by atoms with van der Waals surface area (Å²) in [6.45, 7) is 3.74. The SMILES string of the molecule is C=C1C(OC(=O)CCl)=CC=C/C1=[N+](\[O-])c1c([NH2+][O-])cccc1OC(=O)CCl. The van der Waals surface area contributed by atoms with Crippen molar-refractivity contribution in [2.45, 2.75) is 0 Å². The highest BCUT2D eigenvalue weighted by molar-refractivity contribution is 6.27. The van der Waals surface area contributed by atoms with Crippen molar-refractivity contribution in [1.29, 1.82) is 0 Å². The van der Waals surface area contributed by atoms with Gasteiger partial charge in [-0.2, -0.15) is 4.74 Å². The molecule has 0 bridgehead atoms. The van der Waals surface area contributed by atoms with E-state index in [-0.39, 0.29) is 40.0 Å². The average molecular weight is 413 g/mol. The third-order valence-corrected chi connectivity index (χ3v) is 3.79. The van der Waals surface area contributed by atoms with Crippen molar-refractivity contribution in [3.05, 3.63) is 64.8 Å². The molecule has 1 aromatic carbocycles. The van der Waals surface area contributed by atoms with Gasteiger partial charge in [-0.25, -0.2) is 0 Å². The topological polar surface area (TPSA) is 118 Å². The monoisotopic (exact) mass is 412 g/mol. The maximum absolute atomic E-state index is 13.0. The first-order valence-electron chi connectivity index (χ1n) is 7.46. The molecule has 10 heteroatoms. The molecule has 0 spiro atoms. The molecule has 1 aliphatic rings. The van der Waals surface area contributed by atoms with Crippen LogP contribution in [0.2, 0.25) is 0 Å². The van der Waals surface area contributed by atoms with Gasteiger partial charge in [0, 0.05) is 12.1 Å². The molecule has 2 N–H and O–H groups in total. The van der Waals surface area contributed by atoms with Crippen molar-refractivity contribution in [3.63, 3.8) is 0 Å².